The highest BCUT2D eigenvalue weighted by molar-refractivity contribution is 7.99. The Morgan fingerprint density at radius 1 is 1.53 bits per heavy atom. The standard InChI is InChI=1S/C9H5ClN4O4S/c10-5-1-4(8(15)16)2-6(14(17)18)7(5)19-9-11-3-12-13-9/h1-3H,(H,15,16)(H,11,12,13). The first-order valence-electron chi connectivity index (χ1n) is 4.73. The molecule has 0 amide bonds. The Labute approximate surface area is 115 Å². The number of hydrogen-bond acceptors (Lipinski definition) is 6. The molecule has 0 saturated carbocycles. The third kappa shape index (κ3) is 2.83. The maximum absolute atomic E-state index is 11.0. The summed E-state index contributed by atoms with van der Waals surface area (Å²) in [6, 6.07) is 2.10. The summed E-state index contributed by atoms with van der Waals surface area (Å²) in [6.45, 7) is 0. The van der Waals surface area contributed by atoms with Crippen molar-refractivity contribution in [3.05, 3.63) is 39.2 Å². The monoisotopic (exact) mass is 300 g/mol. The molecule has 2 rings (SSSR count). The van der Waals surface area contributed by atoms with Crippen LogP contribution in [0.25, 0.3) is 0 Å². The molecule has 0 saturated heterocycles. The Balaban J connectivity index is 2.52. The minimum Gasteiger partial charge on any atom is -0.478 e. The van der Waals surface area contributed by atoms with Gasteiger partial charge in [-0.05, 0) is 17.8 Å². The third-order valence-electron chi connectivity index (χ3n) is 2.06. The molecule has 0 radical (unpaired) electrons. The summed E-state index contributed by atoms with van der Waals surface area (Å²) in [5.41, 5.74) is -0.648. The van der Waals surface area contributed by atoms with Gasteiger partial charge < -0.3 is 5.11 Å². The fraction of sp³-hybridized carbons (Fsp3) is 0. The van der Waals surface area contributed by atoms with Crippen molar-refractivity contribution in [2.45, 2.75) is 10.1 Å². The minimum atomic E-state index is -1.29. The molecule has 1 aromatic heterocycles. The van der Waals surface area contributed by atoms with Gasteiger partial charge in [0, 0.05) is 6.07 Å². The molecular weight excluding hydrogens is 296 g/mol. The van der Waals surface area contributed by atoms with E-state index in [0.717, 1.165) is 23.9 Å². The zero-order valence-electron chi connectivity index (χ0n) is 9.03. The van der Waals surface area contributed by atoms with Crippen molar-refractivity contribution >= 4 is 35.0 Å². The Kier molecular flexibility index (Phi) is 3.67. The van der Waals surface area contributed by atoms with Crippen LogP contribution >= 0.6 is 23.4 Å². The Morgan fingerprint density at radius 2 is 2.26 bits per heavy atom. The second kappa shape index (κ2) is 5.24. The largest absolute Gasteiger partial charge is 0.478 e. The van der Waals surface area contributed by atoms with Crippen LogP contribution in [0.2, 0.25) is 5.02 Å². The van der Waals surface area contributed by atoms with Crippen LogP contribution in [0.1, 0.15) is 10.4 Å². The van der Waals surface area contributed by atoms with Gasteiger partial charge in [0.25, 0.3) is 5.69 Å². The van der Waals surface area contributed by atoms with Gasteiger partial charge in [-0.1, -0.05) is 11.6 Å². The van der Waals surface area contributed by atoms with Crippen molar-refractivity contribution in [3.8, 4) is 0 Å². The van der Waals surface area contributed by atoms with Crippen molar-refractivity contribution < 1.29 is 14.8 Å². The molecule has 0 spiro atoms. The van der Waals surface area contributed by atoms with Gasteiger partial charge in [-0.25, -0.2) is 9.78 Å². The number of rotatable bonds is 4. The normalized spacial score (nSPS) is 10.4. The summed E-state index contributed by atoms with van der Waals surface area (Å²) in [6.07, 6.45) is 1.24. The number of nitro benzene ring substituents is 1. The molecule has 2 aromatic rings. The molecule has 0 aliphatic carbocycles. The van der Waals surface area contributed by atoms with E-state index in [4.69, 9.17) is 16.7 Å². The van der Waals surface area contributed by atoms with Crippen LogP contribution < -0.4 is 0 Å². The van der Waals surface area contributed by atoms with Crippen LogP contribution in [-0.2, 0) is 0 Å². The van der Waals surface area contributed by atoms with Gasteiger partial charge >= 0.3 is 5.97 Å². The molecule has 1 heterocycles. The lowest BCUT2D eigenvalue weighted by Gasteiger charge is -2.04. The van der Waals surface area contributed by atoms with Crippen molar-refractivity contribution in [2.24, 2.45) is 0 Å². The summed E-state index contributed by atoms with van der Waals surface area (Å²) in [5, 5.41) is 26.2. The van der Waals surface area contributed by atoms with Gasteiger partial charge in [0.05, 0.1) is 15.5 Å². The Bertz CT molecular complexity index is 646. The van der Waals surface area contributed by atoms with E-state index in [0.29, 0.717) is 5.16 Å². The predicted molar refractivity (Wildman–Crippen MR) is 65.6 cm³/mol. The summed E-state index contributed by atoms with van der Waals surface area (Å²) in [5.74, 6) is -1.29. The van der Waals surface area contributed by atoms with Crippen LogP contribution in [0.5, 0.6) is 0 Å². The maximum atomic E-state index is 11.0. The molecule has 0 fully saturated rings. The number of halogens is 1. The molecule has 0 bridgehead atoms. The predicted octanol–water partition coefficient (Wildman–Crippen LogP) is 2.22. The molecule has 98 valence electrons. The first-order valence-corrected chi connectivity index (χ1v) is 5.93. The first-order chi connectivity index (χ1) is 8.99. The van der Waals surface area contributed by atoms with E-state index in [1.54, 1.807) is 0 Å². The lowest BCUT2D eigenvalue weighted by Crippen LogP contribution is -2.00. The number of H-pyrrole nitrogens is 1. The fourth-order valence-electron chi connectivity index (χ4n) is 1.28. The number of nitrogens with zero attached hydrogens (tertiary/aromatic N) is 3. The molecule has 1 aromatic carbocycles. The summed E-state index contributed by atoms with van der Waals surface area (Å²) in [7, 11) is 0. The summed E-state index contributed by atoms with van der Waals surface area (Å²) >= 11 is 6.79. The van der Waals surface area contributed by atoms with E-state index in [2.05, 4.69) is 15.2 Å². The smallest absolute Gasteiger partial charge is 0.335 e. The Morgan fingerprint density at radius 3 is 2.79 bits per heavy atom. The second-order valence-electron chi connectivity index (χ2n) is 3.26. The van der Waals surface area contributed by atoms with Crippen molar-refractivity contribution in [2.75, 3.05) is 0 Å². The van der Waals surface area contributed by atoms with Crippen LogP contribution in [-0.4, -0.2) is 31.2 Å². The van der Waals surface area contributed by atoms with E-state index in [9.17, 15) is 14.9 Å². The third-order valence-corrected chi connectivity index (χ3v) is 3.49. The van der Waals surface area contributed by atoms with Gasteiger partial charge in [0.1, 0.15) is 11.2 Å². The van der Waals surface area contributed by atoms with E-state index in [1.165, 1.54) is 6.33 Å². The second-order valence-corrected chi connectivity index (χ2v) is 4.67. The van der Waals surface area contributed by atoms with E-state index in [-0.39, 0.29) is 15.5 Å². The molecule has 0 aliphatic rings. The summed E-state index contributed by atoms with van der Waals surface area (Å²) < 4.78 is 0. The SMILES string of the molecule is O=C(O)c1cc(Cl)c(Sc2ncn[nH]2)c([N+](=O)[O-])c1. The van der Waals surface area contributed by atoms with Crippen LogP contribution in [0, 0.1) is 10.1 Å². The zero-order chi connectivity index (χ0) is 14.0. The number of aromatic amines is 1. The number of carboxylic acids is 1. The lowest BCUT2D eigenvalue weighted by atomic mass is 10.2. The molecule has 2 N–H and O–H groups in total. The van der Waals surface area contributed by atoms with Gasteiger partial charge in [-0.2, -0.15) is 5.10 Å². The zero-order valence-corrected chi connectivity index (χ0v) is 10.6. The van der Waals surface area contributed by atoms with Crippen LogP contribution in [0.15, 0.2) is 28.5 Å². The lowest BCUT2D eigenvalue weighted by molar-refractivity contribution is -0.387. The number of aromatic nitrogens is 3. The fourth-order valence-corrected chi connectivity index (χ4v) is 2.40. The van der Waals surface area contributed by atoms with E-state index in [1.807, 2.05) is 0 Å². The highest BCUT2D eigenvalue weighted by atomic mass is 35.5. The molecule has 0 unspecified atom stereocenters. The number of nitro groups is 1. The van der Waals surface area contributed by atoms with E-state index < -0.39 is 16.6 Å². The highest BCUT2D eigenvalue weighted by Crippen LogP contribution is 2.39. The number of benzene rings is 1. The number of carboxylic acid groups (broad SMARTS) is 1. The molecule has 8 nitrogen and oxygen atoms in total. The molecular formula is C9H5ClN4O4S. The number of carbonyl (C=O) groups is 1. The Hall–Kier alpha value is -2.13. The number of nitrogens with one attached hydrogen (secondary N) is 1. The summed E-state index contributed by atoms with van der Waals surface area (Å²) in [4.78, 5) is 25.0. The van der Waals surface area contributed by atoms with Crippen LogP contribution in [0.4, 0.5) is 5.69 Å². The van der Waals surface area contributed by atoms with Crippen LogP contribution in [0.3, 0.4) is 0 Å². The van der Waals surface area contributed by atoms with Gasteiger partial charge in [0.15, 0.2) is 5.16 Å². The van der Waals surface area contributed by atoms with Gasteiger partial charge in [0.2, 0.25) is 0 Å². The molecule has 0 aliphatic heterocycles. The minimum absolute atomic E-state index is 0.0343. The molecule has 10 heteroatoms. The van der Waals surface area contributed by atoms with E-state index >= 15 is 0 Å². The first kappa shape index (κ1) is 13.3. The van der Waals surface area contributed by atoms with Crippen molar-refractivity contribution in [3.63, 3.8) is 0 Å². The van der Waals surface area contributed by atoms with Gasteiger partial charge in [-0.3, -0.25) is 15.2 Å². The quantitative estimate of drug-likeness (QED) is 0.655. The molecule has 19 heavy (non-hydrogen) atoms. The average molecular weight is 301 g/mol. The number of aromatic carboxylic acids is 1. The topological polar surface area (TPSA) is 122 Å². The maximum Gasteiger partial charge on any atom is 0.335 e. The average Bonchev–Trinajstić information content (AvgIpc) is 2.83. The van der Waals surface area contributed by atoms with Crippen molar-refractivity contribution in [1.29, 1.82) is 0 Å². The van der Waals surface area contributed by atoms with Gasteiger partial charge in [-0.15, -0.1) is 0 Å². The molecule has 0 atom stereocenters. The highest BCUT2D eigenvalue weighted by Gasteiger charge is 2.23. The van der Waals surface area contributed by atoms with Crippen molar-refractivity contribution in [1.82, 2.24) is 15.2 Å². The number of hydrogen-bond donors (Lipinski definition) is 2.